The third-order valence-electron chi connectivity index (χ3n) is 4.89. The number of rotatable bonds is 14. The minimum absolute atomic E-state index is 0.0148. The third kappa shape index (κ3) is 10.8. The highest BCUT2D eigenvalue weighted by atomic mass is 32.2. The van der Waals surface area contributed by atoms with E-state index in [0.29, 0.717) is 13.1 Å². The van der Waals surface area contributed by atoms with Crippen LogP contribution in [0.3, 0.4) is 0 Å². The Hall–Kier alpha value is -2.46. The van der Waals surface area contributed by atoms with Crippen molar-refractivity contribution in [3.05, 3.63) is 29.8 Å². The van der Waals surface area contributed by atoms with Gasteiger partial charge in [-0.2, -0.15) is 4.72 Å². The first-order valence-corrected chi connectivity index (χ1v) is 12.9. The summed E-state index contributed by atoms with van der Waals surface area (Å²) in [7, 11) is -4.01. The van der Waals surface area contributed by atoms with E-state index in [0.717, 1.165) is 18.4 Å². The molecular weight excluding hydrogens is 444 g/mol. The predicted octanol–water partition coefficient (Wildman–Crippen LogP) is 1.62. The Bertz CT molecular complexity index is 885. The van der Waals surface area contributed by atoms with Crippen LogP contribution in [-0.4, -0.2) is 51.3 Å². The van der Waals surface area contributed by atoms with Crippen molar-refractivity contribution in [1.29, 1.82) is 0 Å². The normalized spacial score (nSPS) is 13.3. The fourth-order valence-corrected chi connectivity index (χ4v) is 4.05. The van der Waals surface area contributed by atoms with E-state index in [4.69, 9.17) is 0 Å². The van der Waals surface area contributed by atoms with Gasteiger partial charge in [-0.3, -0.25) is 14.4 Å². The SMILES string of the molecule is CCCCNC(=O)CC[C@H](NS(=O)(=O)c1ccc(C)cc1)C(=O)N[C@@H](C)C(=O)NCC(C)C. The molecule has 0 bridgehead atoms. The average Bonchev–Trinajstić information content (AvgIpc) is 2.75. The van der Waals surface area contributed by atoms with Crippen molar-refractivity contribution in [2.75, 3.05) is 13.1 Å². The highest BCUT2D eigenvalue weighted by Crippen LogP contribution is 2.12. The second kappa shape index (κ2) is 13.9. The molecule has 0 fully saturated rings. The summed E-state index contributed by atoms with van der Waals surface area (Å²) in [5, 5.41) is 8.03. The van der Waals surface area contributed by atoms with E-state index >= 15 is 0 Å². The zero-order valence-electron chi connectivity index (χ0n) is 20.2. The van der Waals surface area contributed by atoms with Crippen LogP contribution in [0.15, 0.2) is 29.2 Å². The summed E-state index contributed by atoms with van der Waals surface area (Å²) in [6.45, 7) is 10.2. The summed E-state index contributed by atoms with van der Waals surface area (Å²) in [5.74, 6) is -1.05. The first-order valence-electron chi connectivity index (χ1n) is 11.4. The van der Waals surface area contributed by atoms with Crippen LogP contribution < -0.4 is 20.7 Å². The van der Waals surface area contributed by atoms with Gasteiger partial charge in [-0.05, 0) is 44.7 Å². The molecular formula is C23H38N4O5S. The monoisotopic (exact) mass is 482 g/mol. The molecule has 0 spiro atoms. The molecule has 4 N–H and O–H groups in total. The maximum Gasteiger partial charge on any atom is 0.242 e. The Morgan fingerprint density at radius 1 is 0.970 bits per heavy atom. The molecule has 0 unspecified atom stereocenters. The minimum atomic E-state index is -4.01. The van der Waals surface area contributed by atoms with Crippen molar-refractivity contribution in [3.63, 3.8) is 0 Å². The van der Waals surface area contributed by atoms with E-state index in [1.807, 2.05) is 27.7 Å². The lowest BCUT2D eigenvalue weighted by Crippen LogP contribution is -2.53. The van der Waals surface area contributed by atoms with Crippen molar-refractivity contribution in [3.8, 4) is 0 Å². The van der Waals surface area contributed by atoms with Crippen molar-refractivity contribution in [2.45, 2.75) is 77.3 Å². The number of benzene rings is 1. The number of hydrogen-bond acceptors (Lipinski definition) is 5. The summed E-state index contributed by atoms with van der Waals surface area (Å²) < 4.78 is 28.1. The molecule has 0 aliphatic heterocycles. The van der Waals surface area contributed by atoms with E-state index in [9.17, 15) is 22.8 Å². The first kappa shape index (κ1) is 28.6. The van der Waals surface area contributed by atoms with Crippen LogP contribution in [0, 0.1) is 12.8 Å². The van der Waals surface area contributed by atoms with Crippen LogP contribution in [0.1, 0.15) is 58.9 Å². The standard InChI is InChI=1S/C23H38N4O5S/c1-6-7-14-24-21(28)13-12-20(23(30)26-18(5)22(29)25-15-16(2)3)27-33(31,32)19-10-8-17(4)9-11-19/h8-11,16,18,20,27H,6-7,12-15H2,1-5H3,(H,24,28)(H,25,29)(H,26,30)/t18-,20-/m0/s1. The summed E-state index contributed by atoms with van der Waals surface area (Å²) in [6.07, 6.45) is 1.68. The topological polar surface area (TPSA) is 133 Å². The highest BCUT2D eigenvalue weighted by Gasteiger charge is 2.28. The summed E-state index contributed by atoms with van der Waals surface area (Å²) in [5.41, 5.74) is 0.897. The second-order valence-electron chi connectivity index (χ2n) is 8.60. The van der Waals surface area contributed by atoms with Crippen LogP contribution in [0.25, 0.3) is 0 Å². The number of amides is 3. The fourth-order valence-electron chi connectivity index (χ4n) is 2.82. The minimum Gasteiger partial charge on any atom is -0.356 e. The smallest absolute Gasteiger partial charge is 0.242 e. The number of aryl methyl sites for hydroxylation is 1. The molecule has 186 valence electrons. The Kier molecular flexibility index (Phi) is 12.1. The van der Waals surface area contributed by atoms with Crippen LogP contribution in [-0.2, 0) is 24.4 Å². The fraction of sp³-hybridized carbons (Fsp3) is 0.609. The summed E-state index contributed by atoms with van der Waals surface area (Å²) in [6, 6.07) is 4.14. The number of carbonyl (C=O) groups excluding carboxylic acids is 3. The number of nitrogens with one attached hydrogen (secondary N) is 4. The lowest BCUT2D eigenvalue weighted by atomic mass is 10.1. The van der Waals surface area contributed by atoms with Gasteiger partial charge in [0.2, 0.25) is 27.7 Å². The van der Waals surface area contributed by atoms with Gasteiger partial charge in [0.15, 0.2) is 0 Å². The van der Waals surface area contributed by atoms with E-state index in [1.54, 1.807) is 12.1 Å². The quantitative estimate of drug-likeness (QED) is 0.299. The molecule has 1 rings (SSSR count). The van der Waals surface area contributed by atoms with E-state index in [1.165, 1.54) is 19.1 Å². The first-order chi connectivity index (χ1) is 15.5. The van der Waals surface area contributed by atoms with Crippen molar-refractivity contribution < 1.29 is 22.8 Å². The maximum absolute atomic E-state index is 12.9. The largest absolute Gasteiger partial charge is 0.356 e. The lowest BCUT2D eigenvalue weighted by molar-refractivity contribution is -0.129. The van der Waals surface area contributed by atoms with E-state index < -0.39 is 28.0 Å². The van der Waals surface area contributed by atoms with Gasteiger partial charge in [0.25, 0.3) is 0 Å². The predicted molar refractivity (Wildman–Crippen MR) is 128 cm³/mol. The average molecular weight is 483 g/mol. The Morgan fingerprint density at radius 2 is 1.61 bits per heavy atom. The van der Waals surface area contributed by atoms with Gasteiger partial charge >= 0.3 is 0 Å². The molecule has 10 heteroatoms. The highest BCUT2D eigenvalue weighted by molar-refractivity contribution is 7.89. The zero-order chi connectivity index (χ0) is 25.0. The van der Waals surface area contributed by atoms with Crippen LogP contribution in [0.5, 0.6) is 0 Å². The van der Waals surface area contributed by atoms with E-state index in [2.05, 4.69) is 20.7 Å². The third-order valence-corrected chi connectivity index (χ3v) is 6.38. The molecule has 0 aromatic heterocycles. The van der Waals surface area contributed by atoms with Gasteiger partial charge < -0.3 is 16.0 Å². The number of sulfonamides is 1. The van der Waals surface area contributed by atoms with Gasteiger partial charge in [-0.15, -0.1) is 0 Å². The van der Waals surface area contributed by atoms with Gasteiger partial charge in [-0.25, -0.2) is 8.42 Å². The molecule has 1 aromatic rings. The molecule has 0 heterocycles. The van der Waals surface area contributed by atoms with Crippen LogP contribution >= 0.6 is 0 Å². The van der Waals surface area contributed by atoms with Crippen molar-refractivity contribution >= 4 is 27.7 Å². The molecule has 1 aromatic carbocycles. The molecule has 0 radical (unpaired) electrons. The molecule has 3 amide bonds. The summed E-state index contributed by atoms with van der Waals surface area (Å²) >= 11 is 0. The van der Waals surface area contributed by atoms with Gasteiger partial charge in [-0.1, -0.05) is 44.9 Å². The molecule has 2 atom stereocenters. The Morgan fingerprint density at radius 3 is 2.18 bits per heavy atom. The Labute approximate surface area is 197 Å². The number of carbonyl (C=O) groups is 3. The molecule has 0 saturated heterocycles. The number of unbranched alkanes of at least 4 members (excludes halogenated alkanes) is 1. The van der Waals surface area contributed by atoms with Gasteiger partial charge in [0.1, 0.15) is 12.1 Å². The zero-order valence-corrected chi connectivity index (χ0v) is 21.1. The van der Waals surface area contributed by atoms with Crippen LogP contribution in [0.2, 0.25) is 0 Å². The molecule has 9 nitrogen and oxygen atoms in total. The molecule has 0 saturated carbocycles. The van der Waals surface area contributed by atoms with Crippen molar-refractivity contribution in [1.82, 2.24) is 20.7 Å². The van der Waals surface area contributed by atoms with E-state index in [-0.39, 0.29) is 35.5 Å². The van der Waals surface area contributed by atoms with Crippen LogP contribution in [0.4, 0.5) is 0 Å². The van der Waals surface area contributed by atoms with Gasteiger partial charge in [0.05, 0.1) is 4.90 Å². The van der Waals surface area contributed by atoms with Gasteiger partial charge in [0, 0.05) is 19.5 Å². The molecule has 0 aliphatic rings. The lowest BCUT2D eigenvalue weighted by Gasteiger charge is -2.21. The maximum atomic E-state index is 12.9. The van der Waals surface area contributed by atoms with Crippen molar-refractivity contribution in [2.24, 2.45) is 5.92 Å². The molecule has 33 heavy (non-hydrogen) atoms. The summed E-state index contributed by atoms with van der Waals surface area (Å²) in [4.78, 5) is 37.2. The second-order valence-corrected chi connectivity index (χ2v) is 10.3. The number of hydrogen-bond donors (Lipinski definition) is 4. The Balaban J connectivity index is 2.91. The molecule has 0 aliphatic carbocycles.